The first-order valence-corrected chi connectivity index (χ1v) is 6.79. The minimum absolute atomic E-state index is 0.151. The number of rotatable bonds is 7. The van der Waals surface area contributed by atoms with Crippen molar-refractivity contribution in [3.8, 4) is 0 Å². The molecule has 1 aromatic heterocycles. The quantitative estimate of drug-likeness (QED) is 0.785. The van der Waals surface area contributed by atoms with Crippen molar-refractivity contribution in [2.24, 2.45) is 5.73 Å². The monoisotopic (exact) mass is 238 g/mol. The van der Waals surface area contributed by atoms with Gasteiger partial charge in [0.05, 0.1) is 6.04 Å². The molecule has 1 rings (SSSR count). The van der Waals surface area contributed by atoms with Crippen molar-refractivity contribution in [2.75, 3.05) is 12.0 Å². The lowest BCUT2D eigenvalue weighted by Gasteiger charge is -2.09. The number of Topliss-reactive ketones (excluding diaryl/α,β-unsaturated/α-hetero) is 1. The summed E-state index contributed by atoms with van der Waals surface area (Å²) in [4.78, 5) is 15.7. The van der Waals surface area contributed by atoms with Crippen LogP contribution >= 0.6 is 11.8 Å². The maximum Gasteiger partial charge on any atom is 0.149 e. The van der Waals surface area contributed by atoms with Crippen LogP contribution in [0, 0.1) is 0 Å². The van der Waals surface area contributed by atoms with E-state index in [2.05, 4.69) is 4.98 Å². The summed E-state index contributed by atoms with van der Waals surface area (Å²) in [6, 6.07) is 3.56. The van der Waals surface area contributed by atoms with Gasteiger partial charge in [0.25, 0.3) is 0 Å². The van der Waals surface area contributed by atoms with Crippen molar-refractivity contribution in [3.05, 3.63) is 30.1 Å². The molecule has 1 aromatic rings. The molecule has 0 saturated carbocycles. The number of thioether (sulfide) groups is 1. The van der Waals surface area contributed by atoms with E-state index < -0.39 is 0 Å². The van der Waals surface area contributed by atoms with Crippen LogP contribution in [0.25, 0.3) is 0 Å². The van der Waals surface area contributed by atoms with Crippen LogP contribution in [0.15, 0.2) is 24.5 Å². The Labute approximate surface area is 101 Å². The van der Waals surface area contributed by atoms with Gasteiger partial charge in [0.2, 0.25) is 0 Å². The van der Waals surface area contributed by atoms with Gasteiger partial charge < -0.3 is 5.73 Å². The number of nitrogens with two attached hydrogens (primary N) is 1. The molecule has 0 spiro atoms. The van der Waals surface area contributed by atoms with E-state index in [0.717, 1.165) is 24.2 Å². The van der Waals surface area contributed by atoms with Crippen LogP contribution in [0.3, 0.4) is 0 Å². The van der Waals surface area contributed by atoms with E-state index in [4.69, 9.17) is 5.73 Å². The second kappa shape index (κ2) is 7.41. The molecule has 0 aliphatic carbocycles. The highest BCUT2D eigenvalue weighted by Crippen LogP contribution is 2.05. The maximum absolute atomic E-state index is 11.7. The summed E-state index contributed by atoms with van der Waals surface area (Å²) in [5.41, 5.74) is 6.88. The van der Waals surface area contributed by atoms with Crippen molar-refractivity contribution in [3.63, 3.8) is 0 Å². The van der Waals surface area contributed by atoms with Crippen LogP contribution in [-0.2, 0) is 11.2 Å². The molecule has 0 bridgehead atoms. The summed E-state index contributed by atoms with van der Waals surface area (Å²) >= 11 is 1.72. The summed E-state index contributed by atoms with van der Waals surface area (Å²) in [7, 11) is 0. The predicted molar refractivity (Wildman–Crippen MR) is 68.5 cm³/mol. The molecule has 88 valence electrons. The molecule has 2 N–H and O–H groups in total. The van der Waals surface area contributed by atoms with Gasteiger partial charge in [-0.05, 0) is 36.5 Å². The SMILES string of the molecule is CSCC[C@H](N)C(=O)CCc1cccnc1. The van der Waals surface area contributed by atoms with Gasteiger partial charge in [0.15, 0.2) is 0 Å². The zero-order valence-corrected chi connectivity index (χ0v) is 10.4. The molecular formula is C12H18N2OS. The molecule has 4 heteroatoms. The second-order valence-corrected chi connectivity index (χ2v) is 4.70. The van der Waals surface area contributed by atoms with E-state index in [1.807, 2.05) is 18.4 Å². The third-order valence-corrected chi connectivity index (χ3v) is 3.07. The van der Waals surface area contributed by atoms with Crippen LogP contribution in [0.5, 0.6) is 0 Å². The average Bonchev–Trinajstić information content (AvgIpc) is 2.34. The molecular weight excluding hydrogens is 220 g/mol. The first kappa shape index (κ1) is 13.2. The van der Waals surface area contributed by atoms with Gasteiger partial charge in [-0.3, -0.25) is 9.78 Å². The molecule has 0 aromatic carbocycles. The Hall–Kier alpha value is -0.870. The molecule has 0 aliphatic heterocycles. The summed E-state index contributed by atoms with van der Waals surface area (Å²) in [6.07, 6.45) is 7.57. The summed E-state index contributed by atoms with van der Waals surface area (Å²) in [5.74, 6) is 1.10. The Morgan fingerprint density at radius 2 is 2.44 bits per heavy atom. The van der Waals surface area contributed by atoms with Gasteiger partial charge in [-0.25, -0.2) is 0 Å². The third-order valence-electron chi connectivity index (χ3n) is 2.43. The Bertz CT molecular complexity index is 316. The van der Waals surface area contributed by atoms with Gasteiger partial charge >= 0.3 is 0 Å². The Morgan fingerprint density at radius 1 is 1.62 bits per heavy atom. The third kappa shape index (κ3) is 4.77. The Balaban J connectivity index is 2.29. The zero-order valence-electron chi connectivity index (χ0n) is 9.56. The van der Waals surface area contributed by atoms with Crippen molar-refractivity contribution >= 4 is 17.5 Å². The Morgan fingerprint density at radius 3 is 3.06 bits per heavy atom. The number of carbonyl (C=O) groups excluding carboxylic acids is 1. The summed E-state index contributed by atoms with van der Waals surface area (Å²) in [5, 5.41) is 0. The fourth-order valence-corrected chi connectivity index (χ4v) is 1.89. The second-order valence-electron chi connectivity index (χ2n) is 3.72. The molecule has 0 saturated heterocycles. The fourth-order valence-electron chi connectivity index (χ4n) is 1.40. The van der Waals surface area contributed by atoms with Crippen LogP contribution < -0.4 is 5.73 Å². The molecule has 1 heterocycles. The number of carbonyl (C=O) groups is 1. The number of nitrogens with zero attached hydrogens (tertiary/aromatic N) is 1. The van der Waals surface area contributed by atoms with Gasteiger partial charge in [0.1, 0.15) is 5.78 Å². The minimum atomic E-state index is -0.302. The van der Waals surface area contributed by atoms with Gasteiger partial charge in [-0.2, -0.15) is 11.8 Å². The van der Waals surface area contributed by atoms with Gasteiger partial charge in [0, 0.05) is 18.8 Å². The normalized spacial score (nSPS) is 12.4. The number of pyridine rings is 1. The molecule has 0 unspecified atom stereocenters. The lowest BCUT2D eigenvalue weighted by Crippen LogP contribution is -2.31. The highest BCUT2D eigenvalue weighted by atomic mass is 32.2. The highest BCUT2D eigenvalue weighted by Gasteiger charge is 2.12. The van der Waals surface area contributed by atoms with Crippen LogP contribution in [-0.4, -0.2) is 28.8 Å². The van der Waals surface area contributed by atoms with Gasteiger partial charge in [-0.15, -0.1) is 0 Å². The van der Waals surface area contributed by atoms with Crippen molar-refractivity contribution in [2.45, 2.75) is 25.3 Å². The van der Waals surface area contributed by atoms with Crippen LogP contribution in [0.4, 0.5) is 0 Å². The smallest absolute Gasteiger partial charge is 0.149 e. The number of hydrogen-bond acceptors (Lipinski definition) is 4. The number of aryl methyl sites for hydroxylation is 1. The lowest BCUT2D eigenvalue weighted by molar-refractivity contribution is -0.120. The molecule has 0 amide bonds. The largest absolute Gasteiger partial charge is 0.321 e. The van der Waals surface area contributed by atoms with E-state index in [1.165, 1.54) is 0 Å². The summed E-state index contributed by atoms with van der Waals surface area (Å²) in [6.45, 7) is 0. The van der Waals surface area contributed by atoms with E-state index in [0.29, 0.717) is 6.42 Å². The summed E-state index contributed by atoms with van der Waals surface area (Å²) < 4.78 is 0. The van der Waals surface area contributed by atoms with Crippen molar-refractivity contribution in [1.29, 1.82) is 0 Å². The number of hydrogen-bond donors (Lipinski definition) is 1. The van der Waals surface area contributed by atoms with E-state index >= 15 is 0 Å². The van der Waals surface area contributed by atoms with E-state index in [9.17, 15) is 4.79 Å². The highest BCUT2D eigenvalue weighted by molar-refractivity contribution is 7.98. The molecule has 0 aliphatic rings. The van der Waals surface area contributed by atoms with Crippen molar-refractivity contribution < 1.29 is 4.79 Å². The standard InChI is InChI=1S/C12H18N2OS/c1-16-8-6-11(13)12(15)5-4-10-3-2-7-14-9-10/h2-3,7,9,11H,4-6,8,13H2,1H3/t11-/m0/s1. The van der Waals surface area contributed by atoms with Crippen LogP contribution in [0.1, 0.15) is 18.4 Å². The Kier molecular flexibility index (Phi) is 6.11. The lowest BCUT2D eigenvalue weighted by atomic mass is 10.0. The molecule has 0 fully saturated rings. The maximum atomic E-state index is 11.7. The van der Waals surface area contributed by atoms with Crippen molar-refractivity contribution in [1.82, 2.24) is 4.98 Å². The molecule has 16 heavy (non-hydrogen) atoms. The van der Waals surface area contributed by atoms with Crippen LogP contribution in [0.2, 0.25) is 0 Å². The first-order valence-electron chi connectivity index (χ1n) is 5.40. The topological polar surface area (TPSA) is 56.0 Å². The number of aromatic nitrogens is 1. The first-order chi connectivity index (χ1) is 7.74. The molecule has 3 nitrogen and oxygen atoms in total. The number of ketones is 1. The van der Waals surface area contributed by atoms with E-state index in [1.54, 1.807) is 24.2 Å². The minimum Gasteiger partial charge on any atom is -0.321 e. The average molecular weight is 238 g/mol. The molecule has 0 radical (unpaired) electrons. The molecule has 1 atom stereocenters. The van der Waals surface area contributed by atoms with E-state index in [-0.39, 0.29) is 11.8 Å². The fraction of sp³-hybridized carbons (Fsp3) is 0.500. The van der Waals surface area contributed by atoms with Gasteiger partial charge in [-0.1, -0.05) is 6.07 Å². The zero-order chi connectivity index (χ0) is 11.8. The predicted octanol–water partition coefficient (Wildman–Crippen LogP) is 1.66.